The van der Waals surface area contributed by atoms with Crippen LogP contribution in [0.3, 0.4) is 0 Å². The summed E-state index contributed by atoms with van der Waals surface area (Å²) in [5, 5.41) is 0. The van der Waals surface area contributed by atoms with Crippen LogP contribution in [0.1, 0.15) is 5.48 Å². The van der Waals surface area contributed by atoms with Gasteiger partial charge < -0.3 is 0 Å². The molecule has 0 unspecified atom stereocenters. The lowest BCUT2D eigenvalue weighted by Crippen LogP contribution is -1.80. The summed E-state index contributed by atoms with van der Waals surface area (Å²) in [6.07, 6.45) is 0. The third kappa shape index (κ3) is 3.02. The Morgan fingerprint density at radius 1 is 0.500 bits per heavy atom. The molecule has 0 aliphatic rings. The van der Waals surface area contributed by atoms with E-state index in [1.54, 1.807) is 24.3 Å². The number of hydrogen-bond acceptors (Lipinski definition) is 0. The molecule has 3 aromatic rings. The molecule has 0 radical (unpaired) electrons. The zero-order valence-corrected chi connectivity index (χ0v) is 13.5. The minimum absolute atomic E-state index is 0.0313. The SMILES string of the molecule is [2H]c1c([2H])c(-c2ccc(Br)cc2)c([2H])c([2H])c1-c1ccc(Br)cc1. The van der Waals surface area contributed by atoms with E-state index in [2.05, 4.69) is 31.9 Å². The minimum atomic E-state index is -0.0313. The molecule has 0 nitrogen and oxygen atoms in total. The predicted octanol–water partition coefficient (Wildman–Crippen LogP) is 6.55. The first kappa shape index (κ1) is 9.54. The summed E-state index contributed by atoms with van der Waals surface area (Å²) in [4.78, 5) is 0. The average Bonchev–Trinajstić information content (AvgIpc) is 2.57. The fourth-order valence-electron chi connectivity index (χ4n) is 1.83. The molecule has 3 aromatic carbocycles. The molecular weight excluding hydrogens is 376 g/mol. The highest BCUT2D eigenvalue weighted by atomic mass is 79.9. The van der Waals surface area contributed by atoms with Crippen molar-refractivity contribution in [3.05, 3.63) is 81.6 Å². The van der Waals surface area contributed by atoms with Crippen LogP contribution in [0.15, 0.2) is 81.6 Å². The number of halogens is 2. The Morgan fingerprint density at radius 2 is 0.800 bits per heavy atom. The molecule has 0 N–H and O–H groups in total. The first-order chi connectivity index (χ1) is 11.4. The molecule has 0 aliphatic carbocycles. The first-order valence-corrected chi connectivity index (χ1v) is 7.61. The molecule has 3 rings (SSSR count). The molecule has 0 aliphatic heterocycles. The van der Waals surface area contributed by atoms with Crippen molar-refractivity contribution < 1.29 is 5.48 Å². The summed E-state index contributed by atoms with van der Waals surface area (Å²) in [5.41, 5.74) is 1.96. The molecular formula is C18H12Br2. The van der Waals surface area contributed by atoms with Crippen LogP contribution in [-0.2, 0) is 0 Å². The molecule has 98 valence electrons. The van der Waals surface area contributed by atoms with Gasteiger partial charge in [0.1, 0.15) is 0 Å². The molecule has 0 heterocycles. The molecule has 0 saturated carbocycles. The fourth-order valence-corrected chi connectivity index (χ4v) is 2.36. The van der Waals surface area contributed by atoms with Gasteiger partial charge in [0.15, 0.2) is 0 Å². The van der Waals surface area contributed by atoms with Crippen LogP contribution in [0.25, 0.3) is 22.3 Å². The Kier molecular flexibility index (Phi) is 2.83. The van der Waals surface area contributed by atoms with E-state index in [-0.39, 0.29) is 24.2 Å². The second kappa shape index (κ2) is 5.94. The fraction of sp³-hybridized carbons (Fsp3) is 0. The van der Waals surface area contributed by atoms with Gasteiger partial charge in [-0.25, -0.2) is 0 Å². The van der Waals surface area contributed by atoms with Crippen LogP contribution in [0.4, 0.5) is 0 Å². The average molecular weight is 392 g/mol. The topological polar surface area (TPSA) is 0 Å². The Labute approximate surface area is 141 Å². The zero-order valence-electron chi connectivity index (χ0n) is 14.4. The van der Waals surface area contributed by atoms with Crippen LogP contribution in [0, 0.1) is 0 Å². The van der Waals surface area contributed by atoms with Crippen LogP contribution in [-0.4, -0.2) is 0 Å². The number of benzene rings is 3. The summed E-state index contributed by atoms with van der Waals surface area (Å²) < 4.78 is 35.2. The molecule has 0 bridgehead atoms. The third-order valence-electron chi connectivity index (χ3n) is 2.89. The monoisotopic (exact) mass is 390 g/mol. The van der Waals surface area contributed by atoms with Gasteiger partial charge in [0.05, 0.1) is 5.48 Å². The lowest BCUT2D eigenvalue weighted by Gasteiger charge is -2.05. The summed E-state index contributed by atoms with van der Waals surface area (Å²) in [5.74, 6) is 0. The zero-order chi connectivity index (χ0) is 17.4. The predicted molar refractivity (Wildman–Crippen MR) is 92.7 cm³/mol. The molecule has 0 aromatic heterocycles. The van der Waals surface area contributed by atoms with Crippen LogP contribution in [0.5, 0.6) is 0 Å². The lowest BCUT2D eigenvalue weighted by atomic mass is 10.0. The van der Waals surface area contributed by atoms with E-state index in [9.17, 15) is 0 Å². The van der Waals surface area contributed by atoms with Gasteiger partial charge in [-0.1, -0.05) is 80.3 Å². The van der Waals surface area contributed by atoms with Crippen molar-refractivity contribution in [1.82, 2.24) is 0 Å². The van der Waals surface area contributed by atoms with E-state index in [0.29, 0.717) is 22.3 Å². The molecule has 2 heteroatoms. The maximum absolute atomic E-state index is 8.34. The van der Waals surface area contributed by atoms with Crippen molar-refractivity contribution in [1.29, 1.82) is 0 Å². The van der Waals surface area contributed by atoms with Crippen molar-refractivity contribution in [2.45, 2.75) is 0 Å². The Bertz CT molecular complexity index is 798. The molecule has 0 atom stereocenters. The summed E-state index contributed by atoms with van der Waals surface area (Å²) >= 11 is 6.72. The molecule has 0 saturated heterocycles. The molecule has 0 spiro atoms. The minimum Gasteiger partial charge on any atom is -0.0538 e. The molecule has 0 amide bonds. The quantitative estimate of drug-likeness (QED) is 0.464. The normalized spacial score (nSPS) is 13.3. The molecule has 0 fully saturated rings. The van der Waals surface area contributed by atoms with Gasteiger partial charge in [0, 0.05) is 8.95 Å². The maximum Gasteiger partial charge on any atom is 0.0629 e. The van der Waals surface area contributed by atoms with Crippen molar-refractivity contribution in [3.63, 3.8) is 0 Å². The summed E-state index contributed by atoms with van der Waals surface area (Å²) in [6, 6.07) is 14.3. The highest BCUT2D eigenvalue weighted by Gasteiger charge is 2.00. The third-order valence-corrected chi connectivity index (χ3v) is 3.95. The van der Waals surface area contributed by atoms with Gasteiger partial charge in [-0.05, 0) is 46.5 Å². The number of rotatable bonds is 2. The highest BCUT2D eigenvalue weighted by Crippen LogP contribution is 2.26. The van der Waals surface area contributed by atoms with Crippen LogP contribution < -0.4 is 0 Å². The van der Waals surface area contributed by atoms with E-state index in [1.807, 2.05) is 24.3 Å². The van der Waals surface area contributed by atoms with Gasteiger partial charge in [0.25, 0.3) is 0 Å². The van der Waals surface area contributed by atoms with Gasteiger partial charge >= 0.3 is 0 Å². The smallest absolute Gasteiger partial charge is 0.0538 e. The summed E-state index contributed by atoms with van der Waals surface area (Å²) in [6.45, 7) is 0. The summed E-state index contributed by atoms with van der Waals surface area (Å²) in [7, 11) is 0. The van der Waals surface area contributed by atoms with Crippen molar-refractivity contribution in [3.8, 4) is 22.3 Å². The van der Waals surface area contributed by atoms with E-state index in [0.717, 1.165) is 8.95 Å². The molecule has 20 heavy (non-hydrogen) atoms. The largest absolute Gasteiger partial charge is 0.0629 e. The standard InChI is InChI=1S/C18H12Br2/c19-17-9-5-15(6-10-17)13-1-2-14(4-3-13)16-7-11-18(20)12-8-16/h1-12H/i1D,2D,3D,4D. The lowest BCUT2D eigenvalue weighted by molar-refractivity contribution is 1.57. The van der Waals surface area contributed by atoms with Gasteiger partial charge in [-0.3, -0.25) is 0 Å². The van der Waals surface area contributed by atoms with Gasteiger partial charge in [-0.15, -0.1) is 0 Å². The maximum atomic E-state index is 8.34. The van der Waals surface area contributed by atoms with E-state index in [1.165, 1.54) is 0 Å². The Hall–Kier alpha value is -1.38. The van der Waals surface area contributed by atoms with E-state index < -0.39 is 0 Å². The first-order valence-electron chi connectivity index (χ1n) is 8.02. The van der Waals surface area contributed by atoms with Gasteiger partial charge in [-0.2, -0.15) is 0 Å². The van der Waals surface area contributed by atoms with E-state index >= 15 is 0 Å². The second-order valence-electron chi connectivity index (χ2n) is 4.26. The van der Waals surface area contributed by atoms with Crippen LogP contribution >= 0.6 is 31.9 Å². The van der Waals surface area contributed by atoms with Gasteiger partial charge in [0.2, 0.25) is 0 Å². The van der Waals surface area contributed by atoms with Crippen molar-refractivity contribution in [2.24, 2.45) is 0 Å². The Balaban J connectivity index is 2.26. The highest BCUT2D eigenvalue weighted by molar-refractivity contribution is 9.10. The van der Waals surface area contributed by atoms with E-state index in [4.69, 9.17) is 5.48 Å². The van der Waals surface area contributed by atoms with Crippen molar-refractivity contribution in [2.75, 3.05) is 0 Å². The number of hydrogen-bond donors (Lipinski definition) is 0. The second-order valence-corrected chi connectivity index (χ2v) is 6.10. The Morgan fingerprint density at radius 3 is 1.10 bits per heavy atom. The van der Waals surface area contributed by atoms with Crippen molar-refractivity contribution >= 4 is 31.9 Å². The van der Waals surface area contributed by atoms with Crippen LogP contribution in [0.2, 0.25) is 0 Å².